The normalized spacial score (nSPS) is 11.8. The van der Waals surface area contributed by atoms with Gasteiger partial charge in [0.2, 0.25) is 0 Å². The fourth-order valence-electron chi connectivity index (χ4n) is 2.85. The molecule has 2 N–H and O–H groups in total. The lowest BCUT2D eigenvalue weighted by atomic mass is 10.1. The van der Waals surface area contributed by atoms with Gasteiger partial charge in [-0.2, -0.15) is 0 Å². The zero-order valence-corrected chi connectivity index (χ0v) is 15.9. The Balaban J connectivity index is 1.80. The van der Waals surface area contributed by atoms with Crippen LogP contribution in [0.15, 0.2) is 54.6 Å². The van der Waals surface area contributed by atoms with E-state index in [1.807, 2.05) is 56.6 Å². The summed E-state index contributed by atoms with van der Waals surface area (Å²) in [7, 11) is 5.68. The Morgan fingerprint density at radius 3 is 2.35 bits per heavy atom. The maximum Gasteiger partial charge on any atom is 0.315 e. The number of likely N-dealkylation sites (N-methyl/N-ethyl adjacent to an activating group) is 1. The summed E-state index contributed by atoms with van der Waals surface area (Å²) in [6.45, 7) is 1.39. The third kappa shape index (κ3) is 7.15. The van der Waals surface area contributed by atoms with E-state index in [2.05, 4.69) is 27.7 Å². The van der Waals surface area contributed by atoms with Gasteiger partial charge in [-0.15, -0.1) is 0 Å². The fourth-order valence-corrected chi connectivity index (χ4v) is 2.85. The molecule has 2 rings (SSSR count). The molecule has 0 unspecified atom stereocenters. The van der Waals surface area contributed by atoms with Crippen LogP contribution in [0.1, 0.15) is 11.1 Å². The predicted octanol–water partition coefficient (Wildman–Crippen LogP) is 2.71. The van der Waals surface area contributed by atoms with Crippen LogP contribution in [0.2, 0.25) is 0 Å². The number of hydrogen-bond acceptors (Lipinski definition) is 3. The molecule has 0 aromatic heterocycles. The highest BCUT2D eigenvalue weighted by molar-refractivity contribution is 5.74. The molecule has 0 radical (unpaired) electrons. The van der Waals surface area contributed by atoms with E-state index in [1.165, 1.54) is 11.1 Å². The van der Waals surface area contributed by atoms with Gasteiger partial charge in [-0.3, -0.25) is 0 Å². The lowest BCUT2D eigenvalue weighted by molar-refractivity contribution is 0.232. The van der Waals surface area contributed by atoms with E-state index >= 15 is 0 Å². The van der Waals surface area contributed by atoms with Crippen LogP contribution in [-0.4, -0.2) is 51.3 Å². The van der Waals surface area contributed by atoms with Crippen molar-refractivity contribution in [1.29, 1.82) is 0 Å². The fraction of sp³-hybridized carbons (Fsp3) is 0.381. The molecule has 5 nitrogen and oxygen atoms in total. The molecule has 5 heteroatoms. The molecule has 140 valence electrons. The van der Waals surface area contributed by atoms with Gasteiger partial charge in [-0.05, 0) is 50.2 Å². The van der Waals surface area contributed by atoms with Crippen LogP contribution in [0.5, 0.6) is 5.75 Å². The minimum absolute atomic E-state index is 0.0633. The number of carbonyl (C=O) groups is 1. The van der Waals surface area contributed by atoms with Crippen LogP contribution in [0.4, 0.5) is 4.79 Å². The largest absolute Gasteiger partial charge is 0.497 e. The summed E-state index contributed by atoms with van der Waals surface area (Å²) in [4.78, 5) is 14.3. The number of urea groups is 1. The number of rotatable bonds is 9. The van der Waals surface area contributed by atoms with E-state index in [9.17, 15) is 4.79 Å². The molecule has 0 saturated heterocycles. The molecular weight excluding hydrogens is 326 g/mol. The van der Waals surface area contributed by atoms with Crippen molar-refractivity contribution in [2.75, 3.05) is 34.3 Å². The number of ether oxygens (including phenoxy) is 1. The molecule has 0 bridgehead atoms. The molecule has 26 heavy (non-hydrogen) atoms. The molecular formula is C21H29N3O2. The maximum atomic E-state index is 12.3. The number of hydrogen-bond donors (Lipinski definition) is 2. The number of nitrogens with one attached hydrogen (secondary N) is 2. The van der Waals surface area contributed by atoms with Crippen molar-refractivity contribution < 1.29 is 9.53 Å². The van der Waals surface area contributed by atoms with E-state index in [0.29, 0.717) is 6.54 Å². The Kier molecular flexibility index (Phi) is 7.96. The molecule has 2 amide bonds. The summed E-state index contributed by atoms with van der Waals surface area (Å²) in [6, 6.07) is 18.1. The summed E-state index contributed by atoms with van der Waals surface area (Å²) < 4.78 is 5.15. The van der Waals surface area contributed by atoms with Gasteiger partial charge in [-0.1, -0.05) is 42.5 Å². The first-order chi connectivity index (χ1) is 12.6. The van der Waals surface area contributed by atoms with Crippen LogP contribution >= 0.6 is 0 Å². The Labute approximate surface area is 156 Å². The lowest BCUT2D eigenvalue weighted by Crippen LogP contribution is -2.47. The quantitative estimate of drug-likeness (QED) is 0.727. The number of nitrogens with zero attached hydrogens (tertiary/aromatic N) is 1. The van der Waals surface area contributed by atoms with Gasteiger partial charge in [0.1, 0.15) is 5.75 Å². The minimum Gasteiger partial charge on any atom is -0.497 e. The van der Waals surface area contributed by atoms with Gasteiger partial charge in [-0.25, -0.2) is 4.79 Å². The molecule has 0 aliphatic carbocycles. The van der Waals surface area contributed by atoms with Crippen molar-refractivity contribution in [1.82, 2.24) is 15.5 Å². The van der Waals surface area contributed by atoms with Crippen molar-refractivity contribution in [2.45, 2.75) is 18.9 Å². The average Bonchev–Trinajstić information content (AvgIpc) is 2.62. The van der Waals surface area contributed by atoms with Crippen LogP contribution in [0.3, 0.4) is 0 Å². The first kappa shape index (κ1) is 19.8. The predicted molar refractivity (Wildman–Crippen MR) is 106 cm³/mol. The highest BCUT2D eigenvalue weighted by atomic mass is 16.5. The second kappa shape index (κ2) is 10.5. The van der Waals surface area contributed by atoms with E-state index in [4.69, 9.17) is 4.74 Å². The van der Waals surface area contributed by atoms with E-state index in [0.717, 1.165) is 25.1 Å². The summed E-state index contributed by atoms with van der Waals surface area (Å²) in [5.41, 5.74) is 2.39. The molecule has 0 saturated carbocycles. The van der Waals surface area contributed by atoms with Crippen LogP contribution < -0.4 is 15.4 Å². The van der Waals surface area contributed by atoms with Gasteiger partial charge in [0.05, 0.1) is 7.11 Å². The van der Waals surface area contributed by atoms with Gasteiger partial charge in [0.25, 0.3) is 0 Å². The van der Waals surface area contributed by atoms with E-state index < -0.39 is 0 Å². The van der Waals surface area contributed by atoms with Crippen LogP contribution in [0.25, 0.3) is 0 Å². The molecule has 0 heterocycles. The monoisotopic (exact) mass is 355 g/mol. The van der Waals surface area contributed by atoms with Crippen molar-refractivity contribution in [3.05, 3.63) is 65.7 Å². The Morgan fingerprint density at radius 1 is 1.04 bits per heavy atom. The highest BCUT2D eigenvalue weighted by Crippen LogP contribution is 2.11. The second-order valence-electron chi connectivity index (χ2n) is 6.65. The van der Waals surface area contributed by atoms with Crippen LogP contribution in [-0.2, 0) is 12.8 Å². The molecule has 2 aromatic carbocycles. The van der Waals surface area contributed by atoms with Crippen molar-refractivity contribution in [2.24, 2.45) is 0 Å². The van der Waals surface area contributed by atoms with Crippen molar-refractivity contribution >= 4 is 6.03 Å². The lowest BCUT2D eigenvalue weighted by Gasteiger charge is -2.22. The van der Waals surface area contributed by atoms with Gasteiger partial charge >= 0.3 is 6.03 Å². The van der Waals surface area contributed by atoms with E-state index in [-0.39, 0.29) is 12.1 Å². The number of methoxy groups -OCH3 is 1. The summed E-state index contributed by atoms with van der Waals surface area (Å²) >= 11 is 0. The van der Waals surface area contributed by atoms with Crippen molar-refractivity contribution in [3.8, 4) is 5.75 Å². The third-order valence-electron chi connectivity index (χ3n) is 4.10. The zero-order valence-electron chi connectivity index (χ0n) is 15.9. The van der Waals surface area contributed by atoms with E-state index in [1.54, 1.807) is 7.11 Å². The second-order valence-corrected chi connectivity index (χ2v) is 6.65. The first-order valence-electron chi connectivity index (χ1n) is 8.93. The highest BCUT2D eigenvalue weighted by Gasteiger charge is 2.13. The Bertz CT molecular complexity index is 657. The molecule has 0 fully saturated rings. The Morgan fingerprint density at radius 2 is 1.73 bits per heavy atom. The molecule has 0 aliphatic rings. The molecule has 0 aliphatic heterocycles. The number of benzene rings is 2. The SMILES string of the molecule is COc1ccc(CCNC(=O)N[C@@H](Cc2ccccc2)CN(C)C)cc1. The van der Waals surface area contributed by atoms with Gasteiger partial charge in [0, 0.05) is 19.1 Å². The molecule has 1 atom stereocenters. The zero-order chi connectivity index (χ0) is 18.8. The third-order valence-corrected chi connectivity index (χ3v) is 4.10. The maximum absolute atomic E-state index is 12.3. The molecule has 2 aromatic rings. The topological polar surface area (TPSA) is 53.6 Å². The first-order valence-corrected chi connectivity index (χ1v) is 8.93. The van der Waals surface area contributed by atoms with Gasteiger partial charge < -0.3 is 20.3 Å². The number of carbonyl (C=O) groups excluding carboxylic acids is 1. The minimum atomic E-state index is -0.124. The standard InChI is InChI=1S/C21H29N3O2/c1-24(2)16-19(15-18-7-5-4-6-8-18)23-21(25)22-14-13-17-9-11-20(26-3)12-10-17/h4-12,19H,13-16H2,1-3H3,(H2,22,23,25)/t19-/m0/s1. The number of amides is 2. The Hall–Kier alpha value is -2.53. The smallest absolute Gasteiger partial charge is 0.315 e. The molecule has 0 spiro atoms. The van der Waals surface area contributed by atoms with Crippen LogP contribution in [0, 0.1) is 0 Å². The van der Waals surface area contributed by atoms with Gasteiger partial charge in [0.15, 0.2) is 0 Å². The summed E-state index contributed by atoms with van der Waals surface area (Å²) in [5, 5.41) is 6.04. The average molecular weight is 355 g/mol. The van der Waals surface area contributed by atoms with Crippen molar-refractivity contribution in [3.63, 3.8) is 0 Å². The summed E-state index contributed by atoms with van der Waals surface area (Å²) in [5.74, 6) is 0.840. The summed E-state index contributed by atoms with van der Waals surface area (Å²) in [6.07, 6.45) is 1.60.